The van der Waals surface area contributed by atoms with Gasteiger partial charge in [-0.2, -0.15) is 11.8 Å². The van der Waals surface area contributed by atoms with Gasteiger partial charge in [-0.1, -0.05) is 19.1 Å². The number of pyridine rings is 1. The number of aryl methyl sites for hydroxylation is 1. The van der Waals surface area contributed by atoms with Gasteiger partial charge in [0.2, 0.25) is 0 Å². The topological polar surface area (TPSA) is 45.2 Å². The lowest BCUT2D eigenvalue weighted by molar-refractivity contribution is 0.0773. The third-order valence-corrected chi connectivity index (χ3v) is 5.91. The van der Waals surface area contributed by atoms with Crippen molar-refractivity contribution in [3.63, 3.8) is 0 Å². The van der Waals surface area contributed by atoms with E-state index in [0.29, 0.717) is 22.2 Å². The van der Waals surface area contributed by atoms with Crippen LogP contribution in [-0.4, -0.2) is 40.4 Å². The summed E-state index contributed by atoms with van der Waals surface area (Å²) >= 11 is 1.85. The molecule has 0 saturated carbocycles. The molecule has 0 bridgehead atoms. The zero-order valence-corrected chi connectivity index (χ0v) is 16.6. The molecule has 0 unspecified atom stereocenters. The fourth-order valence-electron chi connectivity index (χ4n) is 3.41. The van der Waals surface area contributed by atoms with Crippen LogP contribution in [-0.2, 0) is 6.42 Å². The largest absolute Gasteiger partial charge is 0.354 e. The van der Waals surface area contributed by atoms with Crippen molar-refractivity contribution in [3.8, 4) is 0 Å². The van der Waals surface area contributed by atoms with E-state index in [9.17, 15) is 9.18 Å². The Morgan fingerprint density at radius 2 is 2.04 bits per heavy atom. The quantitative estimate of drug-likeness (QED) is 0.685. The number of halogens is 1. The number of hydrogen-bond donors (Lipinski definition) is 1. The maximum atomic E-state index is 14.0. The predicted octanol–water partition coefficient (Wildman–Crippen LogP) is 4.87. The Hall–Kier alpha value is -2.60. The monoisotopic (exact) mass is 395 g/mol. The number of nitrogens with zero attached hydrogens (tertiary/aromatic N) is 2. The maximum absolute atomic E-state index is 14.0. The number of benzene rings is 2. The highest BCUT2D eigenvalue weighted by atomic mass is 32.2. The lowest BCUT2D eigenvalue weighted by Crippen LogP contribution is -2.38. The predicted molar refractivity (Wildman–Crippen MR) is 114 cm³/mol. The van der Waals surface area contributed by atoms with Crippen LogP contribution < -0.4 is 5.32 Å². The third-order valence-electron chi connectivity index (χ3n) is 4.96. The molecule has 28 heavy (non-hydrogen) atoms. The SMILES string of the molecule is CCc1cccc(Nc2c(C(=O)N3CCSCC3)cnc3ccc(F)cc23)c1. The zero-order valence-electron chi connectivity index (χ0n) is 15.7. The van der Waals surface area contributed by atoms with Gasteiger partial charge >= 0.3 is 0 Å². The number of nitrogens with one attached hydrogen (secondary N) is 1. The van der Waals surface area contributed by atoms with E-state index in [1.165, 1.54) is 17.7 Å². The first-order valence-electron chi connectivity index (χ1n) is 9.47. The molecule has 1 aliphatic rings. The van der Waals surface area contributed by atoms with Crippen molar-refractivity contribution in [2.75, 3.05) is 29.9 Å². The minimum atomic E-state index is -0.348. The van der Waals surface area contributed by atoms with E-state index >= 15 is 0 Å². The van der Waals surface area contributed by atoms with Crippen molar-refractivity contribution < 1.29 is 9.18 Å². The molecule has 0 atom stereocenters. The highest BCUT2D eigenvalue weighted by molar-refractivity contribution is 7.99. The van der Waals surface area contributed by atoms with E-state index in [0.717, 1.165) is 36.7 Å². The summed E-state index contributed by atoms with van der Waals surface area (Å²) in [7, 11) is 0. The molecule has 4 rings (SSSR count). The number of aromatic nitrogens is 1. The highest BCUT2D eigenvalue weighted by Gasteiger charge is 2.23. The standard InChI is InChI=1S/C22H22FN3OS/c1-2-15-4-3-5-17(12-15)25-21-18-13-16(23)6-7-20(18)24-14-19(21)22(27)26-8-10-28-11-9-26/h3-7,12-14H,2,8-11H2,1H3,(H,24,25). The Morgan fingerprint density at radius 1 is 1.21 bits per heavy atom. The number of carbonyl (C=O) groups is 1. The Labute approximate surface area is 168 Å². The molecule has 1 fully saturated rings. The second-order valence-electron chi connectivity index (χ2n) is 6.79. The molecule has 1 aliphatic heterocycles. The number of anilines is 2. The normalized spacial score (nSPS) is 14.3. The van der Waals surface area contributed by atoms with Gasteiger partial charge in [0.05, 0.1) is 16.8 Å². The molecule has 2 aromatic carbocycles. The van der Waals surface area contributed by atoms with Gasteiger partial charge in [0, 0.05) is 41.9 Å². The van der Waals surface area contributed by atoms with Gasteiger partial charge in [-0.15, -0.1) is 0 Å². The smallest absolute Gasteiger partial charge is 0.257 e. The zero-order chi connectivity index (χ0) is 19.5. The summed E-state index contributed by atoms with van der Waals surface area (Å²) in [5.74, 6) is 1.46. The number of hydrogen-bond acceptors (Lipinski definition) is 4. The number of thioether (sulfide) groups is 1. The second kappa shape index (κ2) is 8.19. The van der Waals surface area contributed by atoms with Gasteiger partial charge in [-0.05, 0) is 42.3 Å². The molecule has 144 valence electrons. The molecule has 4 nitrogen and oxygen atoms in total. The van der Waals surface area contributed by atoms with Crippen LogP contribution in [0.5, 0.6) is 0 Å². The Kier molecular flexibility index (Phi) is 5.48. The number of rotatable bonds is 4. The minimum Gasteiger partial charge on any atom is -0.354 e. The molecule has 0 spiro atoms. The third kappa shape index (κ3) is 3.83. The van der Waals surface area contributed by atoms with E-state index in [-0.39, 0.29) is 11.7 Å². The molecule has 3 aromatic rings. The summed E-state index contributed by atoms with van der Waals surface area (Å²) in [5, 5.41) is 3.99. The van der Waals surface area contributed by atoms with E-state index < -0.39 is 0 Å². The molecule has 1 N–H and O–H groups in total. The summed E-state index contributed by atoms with van der Waals surface area (Å²) in [5.41, 5.74) is 3.81. The van der Waals surface area contributed by atoms with Gasteiger partial charge in [0.15, 0.2) is 0 Å². The lowest BCUT2D eigenvalue weighted by Gasteiger charge is -2.27. The highest BCUT2D eigenvalue weighted by Crippen LogP contribution is 2.31. The lowest BCUT2D eigenvalue weighted by atomic mass is 10.1. The van der Waals surface area contributed by atoms with Gasteiger partial charge in [-0.25, -0.2) is 4.39 Å². The van der Waals surface area contributed by atoms with Crippen LogP contribution in [0.1, 0.15) is 22.8 Å². The Bertz CT molecular complexity index is 1020. The average Bonchev–Trinajstić information content (AvgIpc) is 2.74. The molecular formula is C22H22FN3OS. The van der Waals surface area contributed by atoms with Crippen LogP contribution >= 0.6 is 11.8 Å². The average molecular weight is 396 g/mol. The van der Waals surface area contributed by atoms with Crippen LogP contribution in [0.2, 0.25) is 0 Å². The van der Waals surface area contributed by atoms with Crippen molar-refractivity contribution >= 4 is 39.9 Å². The van der Waals surface area contributed by atoms with Crippen molar-refractivity contribution in [1.82, 2.24) is 9.88 Å². The van der Waals surface area contributed by atoms with Crippen LogP contribution in [0.15, 0.2) is 48.7 Å². The summed E-state index contributed by atoms with van der Waals surface area (Å²) in [6.07, 6.45) is 2.52. The first-order chi connectivity index (χ1) is 13.7. The van der Waals surface area contributed by atoms with Crippen LogP contribution in [0, 0.1) is 5.82 Å². The molecule has 6 heteroatoms. The van der Waals surface area contributed by atoms with E-state index in [1.54, 1.807) is 12.3 Å². The van der Waals surface area contributed by atoms with Crippen molar-refractivity contribution in [2.45, 2.75) is 13.3 Å². The second-order valence-corrected chi connectivity index (χ2v) is 8.02. The van der Waals surface area contributed by atoms with Crippen molar-refractivity contribution in [1.29, 1.82) is 0 Å². The number of carbonyl (C=O) groups excluding carboxylic acids is 1. The Morgan fingerprint density at radius 3 is 2.82 bits per heavy atom. The molecule has 2 heterocycles. The van der Waals surface area contributed by atoms with Gasteiger partial charge in [-0.3, -0.25) is 9.78 Å². The van der Waals surface area contributed by atoms with Gasteiger partial charge in [0.1, 0.15) is 5.82 Å². The van der Waals surface area contributed by atoms with Crippen molar-refractivity contribution in [3.05, 3.63) is 65.6 Å². The Balaban J connectivity index is 1.82. The fourth-order valence-corrected chi connectivity index (χ4v) is 4.31. The number of amides is 1. The molecular weight excluding hydrogens is 373 g/mol. The van der Waals surface area contributed by atoms with E-state index in [4.69, 9.17) is 0 Å². The van der Waals surface area contributed by atoms with Crippen LogP contribution in [0.4, 0.5) is 15.8 Å². The fraction of sp³-hybridized carbons (Fsp3) is 0.273. The van der Waals surface area contributed by atoms with Crippen LogP contribution in [0.25, 0.3) is 10.9 Å². The molecule has 0 radical (unpaired) electrons. The summed E-state index contributed by atoms with van der Waals surface area (Å²) in [4.78, 5) is 19.5. The van der Waals surface area contributed by atoms with Gasteiger partial charge in [0.25, 0.3) is 5.91 Å². The first kappa shape index (κ1) is 18.7. The summed E-state index contributed by atoms with van der Waals surface area (Å²) in [6.45, 7) is 3.53. The van der Waals surface area contributed by atoms with E-state index in [2.05, 4.69) is 29.4 Å². The van der Waals surface area contributed by atoms with Gasteiger partial charge < -0.3 is 10.2 Å². The summed E-state index contributed by atoms with van der Waals surface area (Å²) < 4.78 is 14.0. The molecule has 1 amide bonds. The number of fused-ring (bicyclic) bond motifs is 1. The minimum absolute atomic E-state index is 0.0619. The molecule has 1 saturated heterocycles. The van der Waals surface area contributed by atoms with Crippen LogP contribution in [0.3, 0.4) is 0 Å². The summed E-state index contributed by atoms with van der Waals surface area (Å²) in [6, 6.07) is 12.5. The first-order valence-corrected chi connectivity index (χ1v) is 10.6. The maximum Gasteiger partial charge on any atom is 0.257 e. The van der Waals surface area contributed by atoms with Crippen molar-refractivity contribution in [2.24, 2.45) is 0 Å². The van der Waals surface area contributed by atoms with E-state index in [1.807, 2.05) is 28.8 Å². The molecule has 0 aliphatic carbocycles. The molecule has 1 aromatic heterocycles.